The zero-order valence-electron chi connectivity index (χ0n) is 17.7. The molecular weight excluding hydrogens is 441 g/mol. The maximum atomic E-state index is 13.4. The zero-order chi connectivity index (χ0) is 24.3. The molecule has 0 atom stereocenters. The van der Waals surface area contributed by atoms with Gasteiger partial charge in [-0.05, 0) is 31.2 Å². The molecule has 3 rings (SSSR count). The molecule has 0 unspecified atom stereocenters. The van der Waals surface area contributed by atoms with E-state index in [1.54, 1.807) is 24.3 Å². The van der Waals surface area contributed by atoms with Crippen LogP contribution in [0.3, 0.4) is 0 Å². The summed E-state index contributed by atoms with van der Waals surface area (Å²) in [5.74, 6) is -1.16. The van der Waals surface area contributed by atoms with Crippen LogP contribution in [0.4, 0.5) is 13.2 Å². The van der Waals surface area contributed by atoms with E-state index in [9.17, 15) is 27.9 Å². The van der Waals surface area contributed by atoms with Crippen LogP contribution in [0.5, 0.6) is 11.6 Å². The van der Waals surface area contributed by atoms with Crippen LogP contribution in [0.25, 0.3) is 16.6 Å². The zero-order valence-corrected chi connectivity index (χ0v) is 17.7. The third kappa shape index (κ3) is 5.08. The smallest absolute Gasteiger partial charge is 0.416 e. The summed E-state index contributed by atoms with van der Waals surface area (Å²) < 4.78 is 46.6. The lowest BCUT2D eigenvalue weighted by Gasteiger charge is -2.11. The number of alkyl halides is 3. The minimum atomic E-state index is -4.59. The van der Waals surface area contributed by atoms with Crippen LogP contribution >= 0.6 is 0 Å². The van der Waals surface area contributed by atoms with Crippen molar-refractivity contribution in [2.75, 3.05) is 7.11 Å². The number of nitrogens with zero attached hydrogens (tertiary/aromatic N) is 2. The summed E-state index contributed by atoms with van der Waals surface area (Å²) in [7, 11) is 1.44. The lowest BCUT2D eigenvalue weighted by molar-refractivity contribution is -0.137. The molecule has 1 aromatic heterocycles. The van der Waals surface area contributed by atoms with Gasteiger partial charge in [-0.1, -0.05) is 12.1 Å². The number of hydrogen-bond donors (Lipinski definition) is 3. The number of amides is 2. The second kappa shape index (κ2) is 9.23. The number of rotatable bonds is 7. The Morgan fingerprint density at radius 2 is 1.91 bits per heavy atom. The van der Waals surface area contributed by atoms with Gasteiger partial charge in [0.2, 0.25) is 17.7 Å². The number of hydrazone groups is 1. The largest absolute Gasteiger partial charge is 0.497 e. The van der Waals surface area contributed by atoms with Crippen LogP contribution in [-0.2, 0) is 15.8 Å². The van der Waals surface area contributed by atoms with Gasteiger partial charge in [-0.3, -0.25) is 14.2 Å². The number of nitrogens with one attached hydrogen (secondary N) is 1. The fourth-order valence-electron chi connectivity index (χ4n) is 3.31. The van der Waals surface area contributed by atoms with Crippen molar-refractivity contribution in [3.05, 3.63) is 53.6 Å². The number of benzene rings is 2. The lowest BCUT2D eigenvalue weighted by atomic mass is 10.1. The highest BCUT2D eigenvalue weighted by molar-refractivity contribution is 6.13. The summed E-state index contributed by atoms with van der Waals surface area (Å²) in [4.78, 5) is 22.7. The number of halogens is 3. The van der Waals surface area contributed by atoms with Crippen molar-refractivity contribution >= 4 is 28.4 Å². The van der Waals surface area contributed by atoms with Gasteiger partial charge in [-0.25, -0.2) is 5.43 Å². The highest BCUT2D eigenvalue weighted by atomic mass is 19.4. The minimum Gasteiger partial charge on any atom is -0.497 e. The molecule has 0 aliphatic heterocycles. The van der Waals surface area contributed by atoms with Crippen LogP contribution in [0, 0.1) is 0 Å². The second-order valence-electron chi connectivity index (χ2n) is 7.16. The molecule has 0 aliphatic carbocycles. The van der Waals surface area contributed by atoms with E-state index >= 15 is 0 Å². The second-order valence-corrected chi connectivity index (χ2v) is 7.16. The molecule has 0 aliphatic rings. The van der Waals surface area contributed by atoms with Crippen molar-refractivity contribution < 1.29 is 32.6 Å². The summed E-state index contributed by atoms with van der Waals surface area (Å²) >= 11 is 0. The Balaban J connectivity index is 2.15. The maximum absolute atomic E-state index is 13.4. The van der Waals surface area contributed by atoms with Crippen molar-refractivity contribution in [3.63, 3.8) is 0 Å². The number of hydrogen-bond acceptors (Lipinski definition) is 5. The lowest BCUT2D eigenvalue weighted by Crippen LogP contribution is -2.21. The third-order valence-corrected chi connectivity index (χ3v) is 4.89. The summed E-state index contributed by atoms with van der Waals surface area (Å²) in [6.45, 7) is 1.48. The Hall–Kier alpha value is -4.02. The van der Waals surface area contributed by atoms with Gasteiger partial charge in [0.15, 0.2) is 0 Å². The standard InChI is InChI=1S/C22H21F3N4O4/c1-12(27-28-19(31)9-8-18(26)30)20-16-7-6-13(22(23,24)25)10-17(16)29(21(20)32)14-4-3-5-15(11-14)33-2/h3-7,10-11,32H,8-9H2,1-2H3,(H2,26,30)(H,28,31)/b27-12-. The van der Waals surface area contributed by atoms with E-state index in [1.165, 1.54) is 24.7 Å². The number of carbonyl (C=O) groups excluding carboxylic acids is 2. The molecule has 174 valence electrons. The number of primary amides is 1. The first-order valence-electron chi connectivity index (χ1n) is 9.73. The number of methoxy groups -OCH3 is 1. The van der Waals surface area contributed by atoms with Crippen molar-refractivity contribution in [1.29, 1.82) is 0 Å². The van der Waals surface area contributed by atoms with Gasteiger partial charge in [-0.2, -0.15) is 18.3 Å². The Bertz CT molecular complexity index is 1250. The Morgan fingerprint density at radius 3 is 2.55 bits per heavy atom. The molecule has 0 fully saturated rings. The summed E-state index contributed by atoms with van der Waals surface area (Å²) in [6.07, 6.45) is -4.94. The van der Waals surface area contributed by atoms with Crippen LogP contribution in [0.15, 0.2) is 47.6 Å². The molecule has 33 heavy (non-hydrogen) atoms. The van der Waals surface area contributed by atoms with Crippen molar-refractivity contribution in [2.24, 2.45) is 10.8 Å². The van der Waals surface area contributed by atoms with E-state index in [4.69, 9.17) is 10.5 Å². The average Bonchev–Trinajstić information content (AvgIpc) is 3.06. The van der Waals surface area contributed by atoms with Crippen LogP contribution in [-0.4, -0.2) is 34.3 Å². The van der Waals surface area contributed by atoms with E-state index in [1.807, 2.05) is 0 Å². The summed E-state index contributed by atoms with van der Waals surface area (Å²) in [5, 5.41) is 15.2. The number of ether oxygens (including phenoxy) is 1. The molecule has 3 aromatic rings. The monoisotopic (exact) mass is 462 g/mol. The van der Waals surface area contributed by atoms with Gasteiger partial charge in [0.05, 0.1) is 35.2 Å². The van der Waals surface area contributed by atoms with E-state index in [2.05, 4.69) is 10.5 Å². The van der Waals surface area contributed by atoms with E-state index in [0.717, 1.165) is 12.1 Å². The van der Waals surface area contributed by atoms with E-state index in [0.29, 0.717) is 11.4 Å². The number of fused-ring (bicyclic) bond motifs is 1. The van der Waals surface area contributed by atoms with Crippen molar-refractivity contribution in [3.8, 4) is 17.3 Å². The quantitative estimate of drug-likeness (QED) is 0.368. The van der Waals surface area contributed by atoms with Crippen LogP contribution < -0.4 is 15.9 Å². The van der Waals surface area contributed by atoms with Crippen molar-refractivity contribution in [1.82, 2.24) is 9.99 Å². The van der Waals surface area contributed by atoms with Gasteiger partial charge in [0.1, 0.15) is 5.75 Å². The third-order valence-electron chi connectivity index (χ3n) is 4.89. The normalized spacial score (nSPS) is 12.1. The van der Waals surface area contributed by atoms with E-state index in [-0.39, 0.29) is 40.9 Å². The molecule has 8 nitrogen and oxygen atoms in total. The molecule has 0 spiro atoms. The molecular formula is C22H21F3N4O4. The van der Waals surface area contributed by atoms with E-state index < -0.39 is 23.6 Å². The fraction of sp³-hybridized carbons (Fsp3) is 0.227. The van der Waals surface area contributed by atoms with Crippen LogP contribution in [0.1, 0.15) is 30.9 Å². The maximum Gasteiger partial charge on any atom is 0.416 e. The first-order valence-corrected chi connectivity index (χ1v) is 9.73. The number of aromatic nitrogens is 1. The highest BCUT2D eigenvalue weighted by Crippen LogP contribution is 2.39. The number of nitrogens with two attached hydrogens (primary N) is 1. The summed E-state index contributed by atoms with van der Waals surface area (Å²) in [6, 6.07) is 9.51. The number of carbonyl (C=O) groups is 2. The van der Waals surface area contributed by atoms with Gasteiger partial charge in [-0.15, -0.1) is 0 Å². The van der Waals surface area contributed by atoms with Crippen LogP contribution in [0.2, 0.25) is 0 Å². The Labute approximate surface area is 186 Å². The van der Waals surface area contributed by atoms with Gasteiger partial charge >= 0.3 is 6.18 Å². The molecule has 11 heteroatoms. The average molecular weight is 462 g/mol. The fourth-order valence-corrected chi connectivity index (χ4v) is 3.31. The first kappa shape index (κ1) is 23.6. The molecule has 2 aromatic carbocycles. The molecule has 0 saturated heterocycles. The molecule has 0 bridgehead atoms. The predicted octanol–water partition coefficient (Wildman–Crippen LogP) is 3.47. The first-order chi connectivity index (χ1) is 15.5. The number of aromatic hydroxyl groups is 1. The highest BCUT2D eigenvalue weighted by Gasteiger charge is 2.32. The summed E-state index contributed by atoms with van der Waals surface area (Å²) in [5.41, 5.74) is 7.10. The Kier molecular flexibility index (Phi) is 6.61. The topological polar surface area (TPSA) is 119 Å². The van der Waals surface area contributed by atoms with Gasteiger partial charge in [0, 0.05) is 24.3 Å². The molecule has 2 amide bonds. The Morgan fingerprint density at radius 1 is 1.18 bits per heavy atom. The van der Waals surface area contributed by atoms with Gasteiger partial charge in [0.25, 0.3) is 0 Å². The molecule has 1 heterocycles. The molecule has 0 radical (unpaired) electrons. The van der Waals surface area contributed by atoms with Crippen molar-refractivity contribution in [2.45, 2.75) is 25.9 Å². The minimum absolute atomic E-state index is 0.0835. The molecule has 0 saturated carbocycles. The van der Waals surface area contributed by atoms with Gasteiger partial charge < -0.3 is 15.6 Å². The predicted molar refractivity (Wildman–Crippen MR) is 115 cm³/mol. The molecule has 4 N–H and O–H groups in total. The SMILES string of the molecule is COc1cccc(-n2c(O)c(/C(C)=N\NC(=O)CCC(N)=O)c3ccc(C(F)(F)F)cc32)c1.